The van der Waals surface area contributed by atoms with Crippen LogP contribution in [-0.2, 0) is 14.3 Å². The van der Waals surface area contributed by atoms with Crippen molar-refractivity contribution in [3.8, 4) is 0 Å². The fourth-order valence-electron chi connectivity index (χ4n) is 3.76. The van der Waals surface area contributed by atoms with Crippen LogP contribution >= 0.6 is 0 Å². The lowest BCUT2D eigenvalue weighted by atomic mass is 9.79. The third kappa shape index (κ3) is 6.29. The van der Waals surface area contributed by atoms with E-state index in [1.54, 1.807) is 30.3 Å². The molecule has 0 spiro atoms. The first-order valence-corrected chi connectivity index (χ1v) is 10.2. The molecule has 2 atom stereocenters. The van der Waals surface area contributed by atoms with Crippen LogP contribution in [0.25, 0.3) is 0 Å². The Labute approximate surface area is 172 Å². The van der Waals surface area contributed by atoms with Gasteiger partial charge in [0.25, 0.3) is 5.91 Å². The number of aliphatic hydroxyl groups is 1. The summed E-state index contributed by atoms with van der Waals surface area (Å²) in [5, 5.41) is 16.4. The monoisotopic (exact) mass is 404 g/mol. The average Bonchev–Trinajstić information content (AvgIpc) is 2.71. The summed E-state index contributed by atoms with van der Waals surface area (Å²) in [5.74, 6) is -1.41. The molecule has 7 nitrogen and oxygen atoms in total. The second kappa shape index (κ2) is 10.4. The second-order valence-electron chi connectivity index (χ2n) is 8.15. The van der Waals surface area contributed by atoms with E-state index in [2.05, 4.69) is 10.6 Å². The summed E-state index contributed by atoms with van der Waals surface area (Å²) in [4.78, 5) is 37.9. The van der Waals surface area contributed by atoms with Crippen LogP contribution in [0.3, 0.4) is 0 Å². The second-order valence-corrected chi connectivity index (χ2v) is 8.15. The van der Waals surface area contributed by atoms with Gasteiger partial charge in [0, 0.05) is 5.56 Å². The molecule has 1 fully saturated rings. The highest BCUT2D eigenvalue weighted by Crippen LogP contribution is 2.31. The molecule has 0 radical (unpaired) electrons. The molecule has 2 amide bonds. The SMILES string of the molecule is COC(=O)[C@@H](NC(=O)[C@H](CC(C)C)NC(=O)c1ccccc1)C1(O)CCCCC1. The Balaban J connectivity index is 2.17. The van der Waals surface area contributed by atoms with E-state index in [1.165, 1.54) is 7.11 Å². The summed E-state index contributed by atoms with van der Waals surface area (Å²) in [6, 6.07) is 6.64. The molecule has 0 unspecified atom stereocenters. The number of esters is 1. The number of carbonyl (C=O) groups is 3. The van der Waals surface area contributed by atoms with E-state index < -0.39 is 29.6 Å². The van der Waals surface area contributed by atoms with Gasteiger partial charge in [0.15, 0.2) is 6.04 Å². The summed E-state index contributed by atoms with van der Waals surface area (Å²) in [6.07, 6.45) is 3.76. The van der Waals surface area contributed by atoms with Crippen molar-refractivity contribution in [3.05, 3.63) is 35.9 Å². The van der Waals surface area contributed by atoms with Crippen molar-refractivity contribution in [1.29, 1.82) is 0 Å². The predicted molar refractivity (Wildman–Crippen MR) is 109 cm³/mol. The van der Waals surface area contributed by atoms with Gasteiger partial charge in [0.2, 0.25) is 5.91 Å². The van der Waals surface area contributed by atoms with E-state index in [0.717, 1.165) is 19.3 Å². The highest BCUT2D eigenvalue weighted by Gasteiger charge is 2.44. The Morgan fingerprint density at radius 3 is 2.24 bits per heavy atom. The number of carbonyl (C=O) groups excluding carboxylic acids is 3. The van der Waals surface area contributed by atoms with Crippen molar-refractivity contribution < 1.29 is 24.2 Å². The molecule has 1 aromatic carbocycles. The van der Waals surface area contributed by atoms with Gasteiger partial charge in [-0.1, -0.05) is 51.3 Å². The molecule has 0 saturated heterocycles. The Hall–Kier alpha value is -2.41. The highest BCUT2D eigenvalue weighted by molar-refractivity contribution is 5.98. The lowest BCUT2D eigenvalue weighted by Gasteiger charge is -2.38. The number of benzene rings is 1. The Bertz CT molecular complexity index is 698. The van der Waals surface area contributed by atoms with Gasteiger partial charge >= 0.3 is 5.97 Å². The number of ether oxygens (including phenoxy) is 1. The highest BCUT2D eigenvalue weighted by atomic mass is 16.5. The van der Waals surface area contributed by atoms with Crippen LogP contribution in [0.2, 0.25) is 0 Å². The molecule has 1 aliphatic rings. The van der Waals surface area contributed by atoms with E-state index in [-0.39, 0.29) is 11.8 Å². The van der Waals surface area contributed by atoms with Gasteiger partial charge < -0.3 is 20.5 Å². The summed E-state index contributed by atoms with van der Waals surface area (Å²) < 4.78 is 4.84. The lowest BCUT2D eigenvalue weighted by molar-refractivity contribution is -0.155. The third-order valence-electron chi connectivity index (χ3n) is 5.35. The van der Waals surface area contributed by atoms with Crippen molar-refractivity contribution in [1.82, 2.24) is 10.6 Å². The zero-order valence-corrected chi connectivity index (χ0v) is 17.4. The quantitative estimate of drug-likeness (QED) is 0.576. The molecule has 29 heavy (non-hydrogen) atoms. The fourth-order valence-corrected chi connectivity index (χ4v) is 3.76. The first-order chi connectivity index (χ1) is 13.8. The van der Waals surface area contributed by atoms with Crippen LogP contribution in [0, 0.1) is 5.92 Å². The van der Waals surface area contributed by atoms with Gasteiger partial charge in [-0.2, -0.15) is 0 Å². The molecular formula is C22H32N2O5. The van der Waals surface area contributed by atoms with E-state index in [4.69, 9.17) is 4.74 Å². The number of hydrogen-bond donors (Lipinski definition) is 3. The minimum absolute atomic E-state index is 0.135. The maximum Gasteiger partial charge on any atom is 0.331 e. The molecule has 0 heterocycles. The smallest absolute Gasteiger partial charge is 0.331 e. The van der Waals surface area contributed by atoms with E-state index >= 15 is 0 Å². The molecule has 2 rings (SSSR count). The minimum atomic E-state index is -1.34. The van der Waals surface area contributed by atoms with E-state index in [0.29, 0.717) is 24.8 Å². The third-order valence-corrected chi connectivity index (χ3v) is 5.35. The minimum Gasteiger partial charge on any atom is -0.467 e. The summed E-state index contributed by atoms with van der Waals surface area (Å²) in [6.45, 7) is 3.89. The molecule has 0 aliphatic heterocycles. The Morgan fingerprint density at radius 1 is 1.07 bits per heavy atom. The van der Waals surface area contributed by atoms with Crippen molar-refractivity contribution >= 4 is 17.8 Å². The van der Waals surface area contributed by atoms with Crippen LogP contribution < -0.4 is 10.6 Å². The van der Waals surface area contributed by atoms with Crippen LogP contribution in [0.5, 0.6) is 0 Å². The molecule has 1 aliphatic carbocycles. The molecule has 1 aromatic rings. The van der Waals surface area contributed by atoms with Crippen LogP contribution in [0.15, 0.2) is 30.3 Å². The summed E-state index contributed by atoms with van der Waals surface area (Å²) in [7, 11) is 1.23. The average molecular weight is 405 g/mol. The standard InChI is InChI=1S/C22H32N2O5/c1-15(2)14-17(23-19(25)16-10-6-4-7-11-16)20(26)24-18(21(27)29-3)22(28)12-8-5-9-13-22/h4,6-7,10-11,15,17-18,28H,5,8-9,12-14H2,1-3H3,(H,23,25)(H,24,26)/t17-,18+/m0/s1. The lowest BCUT2D eigenvalue weighted by Crippen LogP contribution is -2.61. The topological polar surface area (TPSA) is 105 Å². The molecule has 0 bridgehead atoms. The van der Waals surface area contributed by atoms with Gasteiger partial charge in [0.1, 0.15) is 6.04 Å². The van der Waals surface area contributed by atoms with Crippen LogP contribution in [0.1, 0.15) is 62.7 Å². The van der Waals surface area contributed by atoms with E-state index in [1.807, 2.05) is 13.8 Å². The Kier molecular flexibility index (Phi) is 8.20. The summed E-state index contributed by atoms with van der Waals surface area (Å²) in [5.41, 5.74) is -0.892. The predicted octanol–water partition coefficient (Wildman–Crippen LogP) is 2.18. The van der Waals surface area contributed by atoms with Crippen molar-refractivity contribution in [2.24, 2.45) is 5.92 Å². The van der Waals surface area contributed by atoms with Crippen LogP contribution in [-0.4, -0.2) is 47.7 Å². The fraction of sp³-hybridized carbons (Fsp3) is 0.591. The molecule has 3 N–H and O–H groups in total. The molecule has 7 heteroatoms. The summed E-state index contributed by atoms with van der Waals surface area (Å²) >= 11 is 0. The maximum absolute atomic E-state index is 13.0. The van der Waals surface area contributed by atoms with Crippen molar-refractivity contribution in [3.63, 3.8) is 0 Å². The number of methoxy groups -OCH3 is 1. The van der Waals surface area contributed by atoms with Gasteiger partial charge in [0.05, 0.1) is 12.7 Å². The maximum atomic E-state index is 13.0. The molecular weight excluding hydrogens is 372 g/mol. The van der Waals surface area contributed by atoms with Gasteiger partial charge in [-0.3, -0.25) is 9.59 Å². The van der Waals surface area contributed by atoms with E-state index in [9.17, 15) is 19.5 Å². The molecule has 0 aromatic heterocycles. The molecule has 1 saturated carbocycles. The number of hydrogen-bond acceptors (Lipinski definition) is 5. The van der Waals surface area contributed by atoms with Gasteiger partial charge in [-0.05, 0) is 37.3 Å². The Morgan fingerprint density at radius 2 is 1.69 bits per heavy atom. The van der Waals surface area contributed by atoms with Crippen molar-refractivity contribution in [2.45, 2.75) is 70.1 Å². The molecule has 160 valence electrons. The normalized spacial score (nSPS) is 17.8. The number of rotatable bonds is 8. The van der Waals surface area contributed by atoms with Gasteiger partial charge in [-0.15, -0.1) is 0 Å². The number of nitrogens with one attached hydrogen (secondary N) is 2. The first kappa shape index (κ1) is 22.9. The largest absolute Gasteiger partial charge is 0.467 e. The zero-order valence-electron chi connectivity index (χ0n) is 17.4. The van der Waals surface area contributed by atoms with Crippen LogP contribution in [0.4, 0.5) is 0 Å². The van der Waals surface area contributed by atoms with Crippen molar-refractivity contribution in [2.75, 3.05) is 7.11 Å². The first-order valence-electron chi connectivity index (χ1n) is 10.2. The van der Waals surface area contributed by atoms with Gasteiger partial charge in [-0.25, -0.2) is 4.79 Å². The number of amides is 2. The zero-order chi connectivity index (χ0) is 21.4.